The largest absolute Gasteiger partial charge is 3.00 e. The second-order valence-electron chi connectivity index (χ2n) is 15.0. The number of nitrogens with zero attached hydrogens (tertiary/aromatic N) is 2. The van der Waals surface area contributed by atoms with Gasteiger partial charge in [0.2, 0.25) is 0 Å². The number of methoxy groups -OCH3 is 2. The standard InChI is InChI=1S/C45H52N2O7.CH3.Ac.Na.Nb/c1-8-19-42(10-3)27-43(11-4,28-45(50,40(42)48)41(49)52-6)33-16-17-39(51-5)37(23-33)44(29-54-53-7)24-30-21-31(9-2)38(25-46)47(26-30)20-18-35-34-15-13-12-14-32(34)22-36(35)44;;;;/h8,12-15,17,19,21-23,27-28,30,38,40,48,50H,1,4,9-11,18,20,24,26,29H2,2-3,5-7H3;1H3;;;/q-5;-1;;+1;+3/b19-8-;;;;/t30-,38?,40?,42+,43+,44?,45?;;;;/m0..../s1. The van der Waals surface area contributed by atoms with Crippen LogP contribution in [0.5, 0.6) is 5.75 Å². The first kappa shape index (κ1) is 53.4. The van der Waals surface area contributed by atoms with E-state index in [-0.39, 0.29) is 128 Å². The molecule has 2 N–H and O–H groups in total. The van der Waals surface area contributed by atoms with E-state index < -0.39 is 33.9 Å². The molecule has 2 radical (unpaired) electrons. The molecule has 1 fully saturated rings. The predicted molar refractivity (Wildman–Crippen MR) is 212 cm³/mol. The maximum Gasteiger partial charge on any atom is 3.00 e. The van der Waals surface area contributed by atoms with Crippen molar-refractivity contribution in [3.63, 3.8) is 0 Å². The molecule has 2 bridgehead atoms. The summed E-state index contributed by atoms with van der Waals surface area (Å²) in [5.41, 5.74) is 1.40. The Morgan fingerprint density at radius 1 is 1.21 bits per heavy atom. The molecule has 0 saturated heterocycles. The van der Waals surface area contributed by atoms with Crippen molar-refractivity contribution in [2.45, 2.75) is 74.5 Å². The van der Waals surface area contributed by atoms with Crippen LogP contribution in [0.2, 0.25) is 0 Å². The molecule has 302 valence electrons. The molecule has 6 rings (SSSR count). The normalized spacial score (nSPS) is 31.2. The summed E-state index contributed by atoms with van der Waals surface area (Å²) in [6, 6.07) is 17.9. The fourth-order valence-electron chi connectivity index (χ4n) is 9.64. The van der Waals surface area contributed by atoms with E-state index in [1.54, 1.807) is 25.3 Å². The zero-order valence-corrected chi connectivity index (χ0v) is 44.0. The van der Waals surface area contributed by atoms with E-state index >= 15 is 0 Å². The summed E-state index contributed by atoms with van der Waals surface area (Å²) < 4.78 is 11.3. The quantitative estimate of drug-likeness (QED) is 0.0869. The number of carbonyl (C=O) groups is 1. The Balaban J connectivity index is 0.00000290. The zero-order valence-electron chi connectivity index (χ0n) is 35.1. The van der Waals surface area contributed by atoms with Gasteiger partial charge in [0, 0.05) is 80.8 Å². The van der Waals surface area contributed by atoms with Gasteiger partial charge in [-0.15, -0.1) is 11.6 Å². The van der Waals surface area contributed by atoms with Gasteiger partial charge in [-0.05, 0) is 53.0 Å². The van der Waals surface area contributed by atoms with Crippen LogP contribution in [0, 0.1) is 113 Å². The van der Waals surface area contributed by atoms with Gasteiger partial charge in [-0.2, -0.15) is 22.8 Å². The third kappa shape index (κ3) is 9.31. The number of aliphatic hydroxyl groups excluding tert-OH is 1. The minimum absolute atomic E-state index is 0. The van der Waals surface area contributed by atoms with Crippen molar-refractivity contribution < 1.29 is 130 Å². The van der Waals surface area contributed by atoms with Crippen molar-refractivity contribution in [2.24, 2.45) is 11.3 Å². The Morgan fingerprint density at radius 3 is 2.53 bits per heavy atom. The third-order valence-electron chi connectivity index (χ3n) is 12.3. The zero-order chi connectivity index (χ0) is 38.9. The Morgan fingerprint density at radius 2 is 1.93 bits per heavy atom. The van der Waals surface area contributed by atoms with Gasteiger partial charge in [0.1, 0.15) is 6.04 Å². The van der Waals surface area contributed by atoms with E-state index in [2.05, 4.69) is 68.5 Å². The Labute approximate surface area is 420 Å². The number of fused-ring (bicyclic) bond motifs is 4. The summed E-state index contributed by atoms with van der Waals surface area (Å²) in [5, 5.41) is 34.2. The number of nitriles is 1. The molecule has 2 aliphatic carbocycles. The maximum atomic E-state index is 13.4. The molecule has 2 aromatic carbocycles. The Hall–Kier alpha value is -0.728. The number of hydrogen-bond acceptors (Lipinski definition) is 9. The smallest absolute Gasteiger partial charge is 0.554 e. The number of carbonyl (C=O) groups excluding carboxylic acids is 1. The van der Waals surface area contributed by atoms with Crippen molar-refractivity contribution in [3.05, 3.63) is 135 Å². The van der Waals surface area contributed by atoms with Gasteiger partial charge in [0.05, 0.1) is 39.6 Å². The van der Waals surface area contributed by atoms with Gasteiger partial charge < -0.3 is 52.3 Å². The predicted octanol–water partition coefficient (Wildman–Crippen LogP) is 3.67. The molecule has 58 heavy (non-hydrogen) atoms. The van der Waals surface area contributed by atoms with Crippen LogP contribution in [0.1, 0.15) is 68.2 Å². The van der Waals surface area contributed by atoms with Gasteiger partial charge in [-0.3, -0.25) is 15.8 Å². The Kier molecular flexibility index (Phi) is 20.3. The Bertz CT molecular complexity index is 1880. The van der Waals surface area contributed by atoms with Crippen LogP contribution in [0.15, 0.2) is 65.8 Å². The maximum absolute atomic E-state index is 13.4. The molecule has 1 saturated carbocycles. The van der Waals surface area contributed by atoms with Crippen LogP contribution in [-0.2, 0) is 52.5 Å². The second kappa shape index (κ2) is 22.1. The molecule has 5 unspecified atom stereocenters. The van der Waals surface area contributed by atoms with E-state index in [1.165, 1.54) is 26.2 Å². The van der Waals surface area contributed by atoms with Gasteiger partial charge in [0.15, 0.2) is 0 Å². The summed E-state index contributed by atoms with van der Waals surface area (Å²) in [6.07, 6.45) is 12.3. The molecule has 12 heteroatoms. The van der Waals surface area contributed by atoms with Crippen LogP contribution < -0.4 is 34.3 Å². The van der Waals surface area contributed by atoms with E-state index in [0.717, 1.165) is 34.3 Å². The molecule has 9 nitrogen and oxygen atoms in total. The van der Waals surface area contributed by atoms with Crippen LogP contribution in [-0.4, -0.2) is 79.9 Å². The van der Waals surface area contributed by atoms with E-state index in [0.29, 0.717) is 43.7 Å². The van der Waals surface area contributed by atoms with Crippen molar-refractivity contribution in [2.75, 3.05) is 41.0 Å². The third-order valence-corrected chi connectivity index (χ3v) is 12.3. The van der Waals surface area contributed by atoms with Crippen molar-refractivity contribution in [1.29, 1.82) is 5.26 Å². The number of benzene rings is 2. The number of rotatable bonds is 11. The first-order chi connectivity index (χ1) is 26.0. The summed E-state index contributed by atoms with van der Waals surface area (Å²) in [4.78, 5) is 27.2. The minimum Gasteiger partial charge on any atom is -0.554 e. The molecule has 8 atom stereocenters. The summed E-state index contributed by atoms with van der Waals surface area (Å²) in [5.74, 6) is -0.361. The molecule has 0 spiro atoms. The second-order valence-corrected chi connectivity index (χ2v) is 15.0. The van der Waals surface area contributed by atoms with E-state index in [4.69, 9.17) is 19.2 Å². The minimum atomic E-state index is -2.39. The van der Waals surface area contributed by atoms with Crippen molar-refractivity contribution in [3.8, 4) is 11.8 Å². The SMILES string of the molecule is [Ac].[CH2-]/C=C\[C@]1(CC)[CH-][C@@](C[CH2-])(c2[c-]cc(OC)c(C3(COOC)C[C@@H]4C=C(CC)C(C#N)N(CCC5=C3[CH]c3ccccc35)C4)c2)[CH-]C(O)(C(=O)OC)C1O.[CH3-].[Na+].[Nb+3]. The van der Waals surface area contributed by atoms with Gasteiger partial charge in [-0.1, -0.05) is 50.6 Å². The first-order valence-electron chi connectivity index (χ1n) is 18.8. The fraction of sp³-hybridized carbons (Fsp3) is 0.435. The summed E-state index contributed by atoms with van der Waals surface area (Å²) in [7, 11) is 4.33. The molecule has 0 aromatic heterocycles. The fourth-order valence-corrected chi connectivity index (χ4v) is 9.64. The molecule has 2 aliphatic heterocycles. The molecular formula is C46H55AcN2NaNbO7-2. The monoisotopic (exact) mass is 1090 g/mol. The molecule has 0 amide bonds. The van der Waals surface area contributed by atoms with Crippen LogP contribution >= 0.6 is 0 Å². The molecular weight excluding hydrogens is 1040 g/mol. The molecule has 2 heterocycles. The molecule has 4 aliphatic rings. The average molecular weight is 1090 g/mol. The number of allylic oxidation sites excluding steroid dienone is 1. The average Bonchev–Trinajstić information content (AvgIpc) is 3.59. The number of aliphatic hydroxyl groups is 2. The number of hydrogen-bond donors (Lipinski definition) is 2. The van der Waals surface area contributed by atoms with E-state index in [9.17, 15) is 20.3 Å². The topological polar surface area (TPSA) is 121 Å². The van der Waals surface area contributed by atoms with Gasteiger partial charge in [-0.25, -0.2) is 34.8 Å². The van der Waals surface area contributed by atoms with Crippen LogP contribution in [0.4, 0.5) is 0 Å². The van der Waals surface area contributed by atoms with Crippen molar-refractivity contribution >= 4 is 11.5 Å². The van der Waals surface area contributed by atoms with E-state index in [1.807, 2.05) is 25.5 Å². The van der Waals surface area contributed by atoms with Crippen molar-refractivity contribution in [1.82, 2.24) is 4.90 Å². The summed E-state index contributed by atoms with van der Waals surface area (Å²) in [6.45, 7) is 13.8. The number of ether oxygens (including phenoxy) is 2. The first-order valence-corrected chi connectivity index (χ1v) is 18.8. The van der Waals surface area contributed by atoms with Crippen LogP contribution in [0.3, 0.4) is 0 Å². The van der Waals surface area contributed by atoms with Crippen LogP contribution in [0.25, 0.3) is 5.57 Å². The molecule has 2 aromatic rings. The van der Waals surface area contributed by atoms with Gasteiger partial charge in [0.25, 0.3) is 0 Å². The summed E-state index contributed by atoms with van der Waals surface area (Å²) >= 11 is 0. The van der Waals surface area contributed by atoms with Gasteiger partial charge >= 0.3 is 57.9 Å². The number of esters is 1.